The van der Waals surface area contributed by atoms with Crippen molar-refractivity contribution in [3.8, 4) is 0 Å². The second-order valence-electron chi connectivity index (χ2n) is 9.40. The van der Waals surface area contributed by atoms with Gasteiger partial charge in [-0.2, -0.15) is 0 Å². The van der Waals surface area contributed by atoms with E-state index in [1.165, 1.54) is 18.4 Å². The molecule has 1 aromatic carbocycles. The number of furan rings is 1. The maximum absolute atomic E-state index is 13.2. The van der Waals surface area contributed by atoms with E-state index in [0.717, 1.165) is 52.9 Å². The molecule has 1 aliphatic carbocycles. The lowest BCUT2D eigenvalue weighted by molar-refractivity contribution is 0.112. The van der Waals surface area contributed by atoms with E-state index < -0.39 is 0 Å². The Bertz CT molecular complexity index is 1320. The molecule has 0 spiro atoms. The van der Waals surface area contributed by atoms with E-state index >= 15 is 0 Å². The normalized spacial score (nSPS) is 15.5. The van der Waals surface area contributed by atoms with Gasteiger partial charge in [-0.25, -0.2) is 4.68 Å². The third-order valence-electron chi connectivity index (χ3n) is 7.30. The van der Waals surface area contributed by atoms with Crippen molar-refractivity contribution in [1.29, 1.82) is 0 Å². The molecule has 178 valence electrons. The summed E-state index contributed by atoms with van der Waals surface area (Å²) < 4.78 is 7.36. The van der Waals surface area contributed by atoms with Crippen LogP contribution in [0.1, 0.15) is 73.3 Å². The summed E-state index contributed by atoms with van der Waals surface area (Å²) in [7, 11) is 0. The van der Waals surface area contributed by atoms with Gasteiger partial charge in [0, 0.05) is 18.2 Å². The number of aromatic amines is 1. The van der Waals surface area contributed by atoms with Crippen LogP contribution in [0.25, 0.3) is 10.9 Å². The van der Waals surface area contributed by atoms with Gasteiger partial charge in [0.2, 0.25) is 0 Å². The molecule has 0 bridgehead atoms. The molecular formula is C26H32N6O2. The number of pyridine rings is 1. The molecule has 1 atom stereocenters. The SMILES string of the molecule is CCC(c1nnnn1Cc1ccco1)N(Cc1cc2ccc(C)c(C)c2[nH]c1=O)C1CCCC1. The highest BCUT2D eigenvalue weighted by atomic mass is 16.3. The van der Waals surface area contributed by atoms with E-state index in [1.54, 1.807) is 6.26 Å². The molecule has 8 nitrogen and oxygen atoms in total. The van der Waals surface area contributed by atoms with Crippen LogP contribution in [-0.2, 0) is 13.1 Å². The zero-order valence-corrected chi connectivity index (χ0v) is 20.1. The number of hydrogen-bond acceptors (Lipinski definition) is 6. The Balaban J connectivity index is 1.51. The van der Waals surface area contributed by atoms with Crippen LogP contribution in [-0.4, -0.2) is 36.1 Å². The number of fused-ring (bicyclic) bond motifs is 1. The Hall–Kier alpha value is -3.26. The molecule has 0 aliphatic heterocycles. The number of aryl methyl sites for hydroxylation is 2. The molecule has 1 saturated carbocycles. The Morgan fingerprint density at radius 3 is 2.79 bits per heavy atom. The standard InChI is InChI=1S/C26H32N6O2/c1-4-23(25-28-29-30-32(25)16-22-10-7-13-34-22)31(21-8-5-6-9-21)15-20-14-19-12-11-17(2)18(3)24(19)27-26(20)33/h7,10-14,21,23H,4-6,8-9,15-16H2,1-3H3,(H,27,33). The largest absolute Gasteiger partial charge is 0.467 e. The van der Waals surface area contributed by atoms with Crippen molar-refractivity contribution >= 4 is 10.9 Å². The molecule has 1 unspecified atom stereocenters. The average molecular weight is 461 g/mol. The first-order valence-electron chi connectivity index (χ1n) is 12.2. The first kappa shape index (κ1) is 22.5. The van der Waals surface area contributed by atoms with Gasteiger partial charge in [-0.15, -0.1) is 5.10 Å². The molecule has 4 aromatic rings. The molecule has 5 rings (SSSR count). The highest BCUT2D eigenvalue weighted by molar-refractivity contribution is 5.83. The number of nitrogens with zero attached hydrogens (tertiary/aromatic N) is 5. The average Bonchev–Trinajstić information content (AvgIpc) is 3.61. The summed E-state index contributed by atoms with van der Waals surface area (Å²) in [5.74, 6) is 1.63. The molecular weight excluding hydrogens is 428 g/mol. The van der Waals surface area contributed by atoms with Gasteiger partial charge >= 0.3 is 0 Å². The van der Waals surface area contributed by atoms with Crippen LogP contribution >= 0.6 is 0 Å². The fourth-order valence-electron chi connectivity index (χ4n) is 5.29. The molecule has 0 saturated heterocycles. The molecule has 0 amide bonds. The number of aromatic nitrogens is 5. The van der Waals surface area contributed by atoms with Crippen LogP contribution in [0.5, 0.6) is 0 Å². The van der Waals surface area contributed by atoms with Gasteiger partial charge in [-0.1, -0.05) is 31.9 Å². The predicted molar refractivity (Wildman–Crippen MR) is 131 cm³/mol. The van der Waals surface area contributed by atoms with Crippen molar-refractivity contribution < 1.29 is 4.42 Å². The molecule has 34 heavy (non-hydrogen) atoms. The van der Waals surface area contributed by atoms with Crippen molar-refractivity contribution in [3.05, 3.63) is 75.2 Å². The fourth-order valence-corrected chi connectivity index (χ4v) is 5.29. The van der Waals surface area contributed by atoms with Crippen LogP contribution in [0, 0.1) is 13.8 Å². The number of H-pyrrole nitrogens is 1. The van der Waals surface area contributed by atoms with Crippen molar-refractivity contribution in [3.63, 3.8) is 0 Å². The van der Waals surface area contributed by atoms with Crippen LogP contribution in [0.4, 0.5) is 0 Å². The summed E-state index contributed by atoms with van der Waals surface area (Å²) >= 11 is 0. The Labute approximate surface area is 199 Å². The van der Waals surface area contributed by atoms with Gasteiger partial charge in [0.25, 0.3) is 5.56 Å². The van der Waals surface area contributed by atoms with Gasteiger partial charge < -0.3 is 9.40 Å². The van der Waals surface area contributed by atoms with E-state index in [-0.39, 0.29) is 11.6 Å². The lowest BCUT2D eigenvalue weighted by atomic mass is 10.0. The quantitative estimate of drug-likeness (QED) is 0.411. The lowest BCUT2D eigenvalue weighted by Crippen LogP contribution is -2.39. The minimum atomic E-state index is -0.0192. The number of rotatable bonds is 8. The highest BCUT2D eigenvalue weighted by Crippen LogP contribution is 2.34. The van der Waals surface area contributed by atoms with Crippen molar-refractivity contribution in [2.75, 3.05) is 0 Å². The van der Waals surface area contributed by atoms with Gasteiger partial charge in [0.1, 0.15) is 12.3 Å². The van der Waals surface area contributed by atoms with Crippen LogP contribution in [0.2, 0.25) is 0 Å². The van der Waals surface area contributed by atoms with Gasteiger partial charge in [-0.05, 0) is 78.2 Å². The Kier molecular flexibility index (Phi) is 6.32. The zero-order valence-electron chi connectivity index (χ0n) is 20.1. The molecule has 0 radical (unpaired) electrons. The number of tetrazole rings is 1. The first-order chi connectivity index (χ1) is 16.5. The Morgan fingerprint density at radius 1 is 1.24 bits per heavy atom. The topological polar surface area (TPSA) is 92.8 Å². The fraction of sp³-hybridized carbons (Fsp3) is 0.462. The molecule has 1 aliphatic rings. The Morgan fingerprint density at radius 2 is 2.06 bits per heavy atom. The molecule has 8 heteroatoms. The van der Waals surface area contributed by atoms with Crippen molar-refractivity contribution in [1.82, 2.24) is 30.1 Å². The maximum atomic E-state index is 13.2. The second kappa shape index (κ2) is 9.54. The summed E-state index contributed by atoms with van der Waals surface area (Å²) in [6, 6.07) is 10.5. The summed E-state index contributed by atoms with van der Waals surface area (Å²) in [5, 5.41) is 13.7. The smallest absolute Gasteiger partial charge is 0.252 e. The minimum absolute atomic E-state index is 0.00270. The monoisotopic (exact) mass is 460 g/mol. The highest BCUT2D eigenvalue weighted by Gasteiger charge is 2.32. The van der Waals surface area contributed by atoms with Crippen LogP contribution in [0.3, 0.4) is 0 Å². The molecule has 1 N–H and O–H groups in total. The van der Waals surface area contributed by atoms with Crippen LogP contribution in [0.15, 0.2) is 45.8 Å². The van der Waals surface area contributed by atoms with Gasteiger partial charge in [-0.3, -0.25) is 9.69 Å². The first-order valence-corrected chi connectivity index (χ1v) is 12.2. The van der Waals surface area contributed by atoms with E-state index in [0.29, 0.717) is 19.1 Å². The second-order valence-corrected chi connectivity index (χ2v) is 9.40. The van der Waals surface area contributed by atoms with E-state index in [9.17, 15) is 4.79 Å². The molecule has 3 heterocycles. The molecule has 1 fully saturated rings. The zero-order chi connectivity index (χ0) is 23.7. The minimum Gasteiger partial charge on any atom is -0.467 e. The third kappa shape index (κ3) is 4.30. The van der Waals surface area contributed by atoms with E-state index in [2.05, 4.69) is 64.4 Å². The van der Waals surface area contributed by atoms with Crippen LogP contribution < -0.4 is 5.56 Å². The third-order valence-corrected chi connectivity index (χ3v) is 7.30. The predicted octanol–water partition coefficient (Wildman–Crippen LogP) is 4.67. The van der Waals surface area contributed by atoms with E-state index in [1.807, 2.05) is 16.8 Å². The summed E-state index contributed by atoms with van der Waals surface area (Å²) in [6.45, 7) is 7.34. The number of hydrogen-bond donors (Lipinski definition) is 1. The summed E-state index contributed by atoms with van der Waals surface area (Å²) in [4.78, 5) is 18.8. The molecule has 3 aromatic heterocycles. The van der Waals surface area contributed by atoms with Crippen molar-refractivity contribution in [2.24, 2.45) is 0 Å². The number of benzene rings is 1. The number of nitrogens with one attached hydrogen (secondary N) is 1. The summed E-state index contributed by atoms with van der Waals surface area (Å²) in [6.07, 6.45) is 7.18. The van der Waals surface area contributed by atoms with Crippen molar-refractivity contribution in [2.45, 2.75) is 78.0 Å². The van der Waals surface area contributed by atoms with E-state index in [4.69, 9.17) is 4.42 Å². The maximum Gasteiger partial charge on any atom is 0.252 e. The lowest BCUT2D eigenvalue weighted by Gasteiger charge is -2.35. The van der Waals surface area contributed by atoms with Gasteiger partial charge in [0.15, 0.2) is 5.82 Å². The van der Waals surface area contributed by atoms with Gasteiger partial charge in [0.05, 0.1) is 17.8 Å². The summed E-state index contributed by atoms with van der Waals surface area (Å²) in [5.41, 5.74) is 3.99.